The number of hydrogen-bond donors (Lipinski definition) is 2. The first-order valence-electron chi connectivity index (χ1n) is 8.36. The number of nitro groups is 1. The second-order valence-electron chi connectivity index (χ2n) is 5.98. The highest BCUT2D eigenvalue weighted by molar-refractivity contribution is 5.97. The highest BCUT2D eigenvalue weighted by Gasteiger charge is 2.19. The molecule has 9 nitrogen and oxygen atoms in total. The van der Waals surface area contributed by atoms with Crippen LogP contribution < -0.4 is 10.6 Å². The van der Waals surface area contributed by atoms with E-state index in [9.17, 15) is 24.5 Å². The minimum Gasteiger partial charge on any atom is -0.451 e. The molecule has 0 aromatic heterocycles. The molecule has 2 aromatic carbocycles. The molecular weight excluding hydrogens is 366 g/mol. The number of non-ortho nitro benzene ring substituents is 1. The van der Waals surface area contributed by atoms with Gasteiger partial charge in [0.05, 0.1) is 4.92 Å². The summed E-state index contributed by atoms with van der Waals surface area (Å²) in [6.07, 6.45) is -1.07. The van der Waals surface area contributed by atoms with Gasteiger partial charge in [0, 0.05) is 23.4 Å². The predicted molar refractivity (Wildman–Crippen MR) is 101 cm³/mol. The summed E-state index contributed by atoms with van der Waals surface area (Å²) in [6.45, 7) is 2.84. The molecule has 0 unspecified atom stereocenters. The van der Waals surface area contributed by atoms with E-state index >= 15 is 0 Å². The third-order valence-electron chi connectivity index (χ3n) is 3.71. The molecule has 0 spiro atoms. The number of carbonyl (C=O) groups is 3. The van der Waals surface area contributed by atoms with Gasteiger partial charge < -0.3 is 15.4 Å². The molecule has 0 heterocycles. The summed E-state index contributed by atoms with van der Waals surface area (Å²) in [5.74, 6) is -2.00. The van der Waals surface area contributed by atoms with E-state index in [1.807, 2.05) is 19.1 Å². The van der Waals surface area contributed by atoms with Gasteiger partial charge in [-0.05, 0) is 32.0 Å². The van der Waals surface area contributed by atoms with E-state index in [4.69, 9.17) is 4.74 Å². The van der Waals surface area contributed by atoms with Gasteiger partial charge in [0.1, 0.15) is 6.54 Å². The number of anilines is 1. The van der Waals surface area contributed by atoms with Gasteiger partial charge in [-0.1, -0.05) is 23.8 Å². The van der Waals surface area contributed by atoms with Crippen molar-refractivity contribution >= 4 is 29.2 Å². The molecule has 0 bridgehead atoms. The Bertz CT molecular complexity index is 895. The monoisotopic (exact) mass is 385 g/mol. The van der Waals surface area contributed by atoms with Crippen LogP contribution in [-0.4, -0.2) is 35.4 Å². The number of amides is 2. The van der Waals surface area contributed by atoms with Crippen molar-refractivity contribution in [3.8, 4) is 0 Å². The predicted octanol–water partition coefficient (Wildman–Crippen LogP) is 2.20. The fourth-order valence-corrected chi connectivity index (χ4v) is 2.19. The summed E-state index contributed by atoms with van der Waals surface area (Å²) in [4.78, 5) is 46.0. The van der Waals surface area contributed by atoms with Crippen molar-refractivity contribution in [3.63, 3.8) is 0 Å². The fourth-order valence-electron chi connectivity index (χ4n) is 2.19. The Morgan fingerprint density at radius 1 is 1.14 bits per heavy atom. The molecule has 0 saturated heterocycles. The molecule has 0 aliphatic carbocycles. The number of aryl methyl sites for hydroxylation is 1. The Labute approximate surface area is 160 Å². The van der Waals surface area contributed by atoms with Crippen molar-refractivity contribution in [3.05, 3.63) is 69.8 Å². The van der Waals surface area contributed by atoms with Gasteiger partial charge in [-0.15, -0.1) is 0 Å². The van der Waals surface area contributed by atoms with Crippen LogP contribution in [0.4, 0.5) is 11.4 Å². The van der Waals surface area contributed by atoms with E-state index < -0.39 is 35.4 Å². The van der Waals surface area contributed by atoms with Crippen molar-refractivity contribution in [1.29, 1.82) is 0 Å². The summed E-state index contributed by atoms with van der Waals surface area (Å²) in [5, 5.41) is 15.6. The first kappa shape index (κ1) is 20.6. The van der Waals surface area contributed by atoms with Crippen molar-refractivity contribution in [1.82, 2.24) is 5.32 Å². The number of carbonyl (C=O) groups excluding carboxylic acids is 3. The number of nitrogens with one attached hydrogen (secondary N) is 2. The number of nitro benzene ring substituents is 1. The maximum absolute atomic E-state index is 12.1. The van der Waals surface area contributed by atoms with Crippen LogP contribution >= 0.6 is 0 Å². The maximum atomic E-state index is 12.1. The summed E-state index contributed by atoms with van der Waals surface area (Å²) >= 11 is 0. The van der Waals surface area contributed by atoms with E-state index in [1.165, 1.54) is 25.1 Å². The van der Waals surface area contributed by atoms with Crippen LogP contribution in [-0.2, 0) is 14.3 Å². The highest BCUT2D eigenvalue weighted by Crippen LogP contribution is 2.13. The molecule has 146 valence electrons. The van der Waals surface area contributed by atoms with E-state index in [0.29, 0.717) is 5.69 Å². The van der Waals surface area contributed by atoms with Gasteiger partial charge in [-0.25, -0.2) is 0 Å². The summed E-state index contributed by atoms with van der Waals surface area (Å²) < 4.78 is 4.98. The van der Waals surface area contributed by atoms with Crippen molar-refractivity contribution in [2.45, 2.75) is 20.0 Å². The Balaban J connectivity index is 1.83. The number of esters is 1. The molecule has 0 aliphatic heterocycles. The van der Waals surface area contributed by atoms with E-state index in [-0.39, 0.29) is 11.3 Å². The Morgan fingerprint density at radius 3 is 2.46 bits per heavy atom. The number of nitrogens with zero attached hydrogens (tertiary/aromatic N) is 1. The van der Waals surface area contributed by atoms with E-state index in [1.54, 1.807) is 12.1 Å². The summed E-state index contributed by atoms with van der Waals surface area (Å²) in [7, 11) is 0. The zero-order valence-electron chi connectivity index (χ0n) is 15.3. The lowest BCUT2D eigenvalue weighted by Gasteiger charge is -2.14. The fraction of sp³-hybridized carbons (Fsp3) is 0.211. The van der Waals surface area contributed by atoms with Crippen molar-refractivity contribution in [2.24, 2.45) is 0 Å². The zero-order chi connectivity index (χ0) is 20.7. The minimum absolute atomic E-state index is 0.0344. The molecule has 0 radical (unpaired) electrons. The molecule has 9 heteroatoms. The van der Waals surface area contributed by atoms with Crippen LogP contribution in [0.2, 0.25) is 0 Å². The standard InChI is InChI=1S/C19H19N3O6/c1-12-6-8-15(9-7-12)21-18(24)13(2)28-17(23)11-20-19(25)14-4-3-5-16(10-14)22(26)27/h3-10,13H,11H2,1-2H3,(H,20,25)(H,21,24)/t13-/m0/s1. The lowest BCUT2D eigenvalue weighted by Crippen LogP contribution is -2.35. The number of benzene rings is 2. The molecule has 2 rings (SSSR count). The van der Waals surface area contributed by atoms with E-state index in [2.05, 4.69) is 10.6 Å². The molecule has 28 heavy (non-hydrogen) atoms. The summed E-state index contributed by atoms with van der Waals surface area (Å²) in [6, 6.07) is 12.2. The molecular formula is C19H19N3O6. The Kier molecular flexibility index (Phi) is 6.80. The number of hydrogen-bond acceptors (Lipinski definition) is 6. The quantitative estimate of drug-likeness (QED) is 0.427. The molecule has 2 N–H and O–H groups in total. The normalized spacial score (nSPS) is 11.2. The highest BCUT2D eigenvalue weighted by atomic mass is 16.6. The Hall–Kier alpha value is -3.75. The van der Waals surface area contributed by atoms with Gasteiger partial charge in [-0.3, -0.25) is 24.5 Å². The van der Waals surface area contributed by atoms with Crippen molar-refractivity contribution in [2.75, 3.05) is 11.9 Å². The van der Waals surface area contributed by atoms with Gasteiger partial charge in [0.2, 0.25) is 0 Å². The number of rotatable bonds is 7. The molecule has 2 amide bonds. The van der Waals surface area contributed by atoms with Gasteiger partial charge >= 0.3 is 5.97 Å². The van der Waals surface area contributed by atoms with Gasteiger partial charge in [0.15, 0.2) is 6.10 Å². The van der Waals surface area contributed by atoms with Crippen LogP contribution in [0.1, 0.15) is 22.8 Å². The van der Waals surface area contributed by atoms with Crippen LogP contribution in [0.5, 0.6) is 0 Å². The third kappa shape index (κ3) is 5.90. The molecule has 0 aliphatic rings. The zero-order valence-corrected chi connectivity index (χ0v) is 15.3. The SMILES string of the molecule is Cc1ccc(NC(=O)[C@H](C)OC(=O)CNC(=O)c2cccc([N+](=O)[O-])c2)cc1. The lowest BCUT2D eigenvalue weighted by molar-refractivity contribution is -0.384. The van der Waals surface area contributed by atoms with Gasteiger partial charge in [0.25, 0.3) is 17.5 Å². The smallest absolute Gasteiger partial charge is 0.326 e. The average Bonchev–Trinajstić information content (AvgIpc) is 2.67. The van der Waals surface area contributed by atoms with Gasteiger partial charge in [-0.2, -0.15) is 0 Å². The first-order valence-corrected chi connectivity index (χ1v) is 8.36. The second-order valence-corrected chi connectivity index (χ2v) is 5.98. The average molecular weight is 385 g/mol. The lowest BCUT2D eigenvalue weighted by atomic mass is 10.2. The van der Waals surface area contributed by atoms with Crippen molar-refractivity contribution < 1.29 is 24.0 Å². The van der Waals surface area contributed by atoms with Crippen LogP contribution in [0.15, 0.2) is 48.5 Å². The topological polar surface area (TPSA) is 128 Å². The third-order valence-corrected chi connectivity index (χ3v) is 3.71. The molecule has 2 aromatic rings. The van der Waals surface area contributed by atoms with Crippen LogP contribution in [0, 0.1) is 17.0 Å². The van der Waals surface area contributed by atoms with E-state index in [0.717, 1.165) is 11.6 Å². The minimum atomic E-state index is -1.07. The number of ether oxygens (including phenoxy) is 1. The first-order chi connectivity index (χ1) is 13.3. The molecule has 1 atom stereocenters. The Morgan fingerprint density at radius 2 is 1.82 bits per heavy atom. The van der Waals surface area contributed by atoms with Crippen LogP contribution in [0.3, 0.4) is 0 Å². The molecule has 0 fully saturated rings. The maximum Gasteiger partial charge on any atom is 0.326 e. The summed E-state index contributed by atoms with van der Waals surface area (Å²) in [5.41, 5.74) is 1.40. The second kappa shape index (κ2) is 9.26. The molecule has 0 saturated carbocycles. The van der Waals surface area contributed by atoms with Crippen LogP contribution in [0.25, 0.3) is 0 Å². The largest absolute Gasteiger partial charge is 0.451 e.